The van der Waals surface area contributed by atoms with Gasteiger partial charge in [-0.1, -0.05) is 31.4 Å². The molecule has 0 aliphatic heterocycles. The van der Waals surface area contributed by atoms with Crippen molar-refractivity contribution in [1.29, 1.82) is 0 Å². The maximum absolute atomic E-state index is 12.5. The zero-order chi connectivity index (χ0) is 26.1. The topological polar surface area (TPSA) is 114 Å². The van der Waals surface area contributed by atoms with Crippen LogP contribution in [-0.2, 0) is 4.79 Å². The smallest absolute Gasteiger partial charge is 0.251 e. The van der Waals surface area contributed by atoms with Crippen LogP contribution in [0.5, 0.6) is 0 Å². The number of amides is 2. The largest absolute Gasteiger partial charge is 0.349 e. The third-order valence-electron chi connectivity index (χ3n) is 7.18. The Hall–Kier alpha value is -4.27. The van der Waals surface area contributed by atoms with Crippen molar-refractivity contribution in [2.75, 3.05) is 10.6 Å². The molecule has 2 amide bonds. The molecule has 0 bridgehead atoms. The van der Waals surface area contributed by atoms with Crippen LogP contribution in [0.1, 0.15) is 68.3 Å². The Labute approximate surface area is 221 Å². The fourth-order valence-electron chi connectivity index (χ4n) is 5.00. The fraction of sp³-hybridized carbons (Fsp3) is 0.345. The van der Waals surface area contributed by atoms with E-state index in [1.165, 1.54) is 26.2 Å². The van der Waals surface area contributed by atoms with Crippen molar-refractivity contribution in [3.05, 3.63) is 60.4 Å². The Kier molecular flexibility index (Phi) is 6.49. The van der Waals surface area contributed by atoms with E-state index in [2.05, 4.69) is 20.5 Å². The summed E-state index contributed by atoms with van der Waals surface area (Å²) in [5.74, 6) is 1.02. The summed E-state index contributed by atoms with van der Waals surface area (Å²) in [5.41, 5.74) is 4.52. The van der Waals surface area contributed by atoms with Gasteiger partial charge in [-0.2, -0.15) is 0 Å². The SMILES string of the molecule is CC(=O)Nc1ccc(Nc2nc(-c3ccc(C(=O)NC4CC4)cc3)nc3c2ncn3C2CCCCC2)cc1. The number of rotatable bonds is 7. The van der Waals surface area contributed by atoms with Gasteiger partial charge >= 0.3 is 0 Å². The molecule has 3 N–H and O–H groups in total. The summed E-state index contributed by atoms with van der Waals surface area (Å²) in [7, 11) is 0. The molecule has 9 heteroatoms. The highest BCUT2D eigenvalue weighted by Gasteiger charge is 2.24. The number of nitrogens with zero attached hydrogens (tertiary/aromatic N) is 4. The lowest BCUT2D eigenvalue weighted by Crippen LogP contribution is -2.25. The normalized spacial score (nSPS) is 15.8. The molecule has 9 nitrogen and oxygen atoms in total. The highest BCUT2D eigenvalue weighted by molar-refractivity contribution is 5.95. The number of hydrogen-bond acceptors (Lipinski definition) is 6. The third kappa shape index (κ3) is 5.22. The van der Waals surface area contributed by atoms with Gasteiger partial charge in [-0.05, 0) is 62.1 Å². The van der Waals surface area contributed by atoms with Crippen LogP contribution in [0.4, 0.5) is 17.2 Å². The summed E-state index contributed by atoms with van der Waals surface area (Å²) >= 11 is 0. The number of nitrogens with one attached hydrogen (secondary N) is 3. The van der Waals surface area contributed by atoms with Gasteiger partial charge in [0.2, 0.25) is 5.91 Å². The van der Waals surface area contributed by atoms with E-state index >= 15 is 0 Å². The molecule has 4 aromatic rings. The summed E-state index contributed by atoms with van der Waals surface area (Å²) in [5, 5.41) is 9.22. The van der Waals surface area contributed by atoms with Crippen LogP contribution in [0.3, 0.4) is 0 Å². The first-order chi connectivity index (χ1) is 18.5. The Morgan fingerprint density at radius 1 is 0.868 bits per heavy atom. The Balaban J connectivity index is 1.35. The number of imidazole rings is 1. The number of carbonyl (C=O) groups excluding carboxylic acids is 2. The van der Waals surface area contributed by atoms with E-state index in [1.807, 2.05) is 54.9 Å². The molecule has 0 unspecified atom stereocenters. The van der Waals surface area contributed by atoms with E-state index in [1.54, 1.807) is 0 Å². The molecule has 2 aliphatic carbocycles. The number of carbonyl (C=O) groups is 2. The summed E-state index contributed by atoms with van der Waals surface area (Å²) in [6.45, 7) is 1.49. The zero-order valence-corrected chi connectivity index (χ0v) is 21.4. The minimum Gasteiger partial charge on any atom is -0.349 e. The Morgan fingerprint density at radius 2 is 1.58 bits per heavy atom. The average Bonchev–Trinajstić information content (AvgIpc) is 3.64. The highest BCUT2D eigenvalue weighted by atomic mass is 16.2. The van der Waals surface area contributed by atoms with Crippen LogP contribution in [0.2, 0.25) is 0 Å². The van der Waals surface area contributed by atoms with E-state index in [4.69, 9.17) is 15.0 Å². The van der Waals surface area contributed by atoms with Gasteiger partial charge in [-0.15, -0.1) is 0 Å². The lowest BCUT2D eigenvalue weighted by atomic mass is 9.95. The first kappa shape index (κ1) is 24.1. The van der Waals surface area contributed by atoms with E-state index in [0.717, 1.165) is 48.3 Å². The molecule has 6 rings (SSSR count). The molecule has 2 heterocycles. The van der Waals surface area contributed by atoms with Crippen molar-refractivity contribution < 1.29 is 9.59 Å². The molecule has 0 radical (unpaired) electrons. The second kappa shape index (κ2) is 10.2. The number of hydrogen-bond donors (Lipinski definition) is 3. The van der Waals surface area contributed by atoms with Gasteiger partial charge in [0, 0.05) is 41.5 Å². The second-order valence-electron chi connectivity index (χ2n) is 10.2. The summed E-state index contributed by atoms with van der Waals surface area (Å²) < 4.78 is 2.20. The van der Waals surface area contributed by atoms with E-state index in [9.17, 15) is 9.59 Å². The average molecular weight is 510 g/mol. The molecular formula is C29H31N7O2. The minimum atomic E-state index is -0.114. The van der Waals surface area contributed by atoms with Crippen molar-refractivity contribution >= 4 is 40.2 Å². The third-order valence-corrected chi connectivity index (χ3v) is 7.18. The van der Waals surface area contributed by atoms with E-state index in [0.29, 0.717) is 34.8 Å². The van der Waals surface area contributed by atoms with Crippen LogP contribution in [0.15, 0.2) is 54.9 Å². The van der Waals surface area contributed by atoms with Crippen molar-refractivity contribution in [1.82, 2.24) is 24.8 Å². The second-order valence-corrected chi connectivity index (χ2v) is 10.2. The Morgan fingerprint density at radius 3 is 2.26 bits per heavy atom. The standard InChI is InChI=1S/C29H31N7O2/c1-18(37)31-21-11-13-22(14-12-21)32-27-25-28(36(17-30-25)24-5-3-2-4-6-24)35-26(34-27)19-7-9-20(10-8-19)29(38)33-23-15-16-23/h7-14,17,23-24H,2-6,15-16H2,1H3,(H,31,37)(H,33,38)(H,32,34,35). The highest BCUT2D eigenvalue weighted by Crippen LogP contribution is 2.33. The van der Waals surface area contributed by atoms with Crippen molar-refractivity contribution in [3.63, 3.8) is 0 Å². The number of fused-ring (bicyclic) bond motifs is 1. The van der Waals surface area contributed by atoms with Crippen LogP contribution in [0.25, 0.3) is 22.6 Å². The van der Waals surface area contributed by atoms with Crippen LogP contribution in [-0.4, -0.2) is 37.4 Å². The molecule has 194 valence electrons. The quantitative estimate of drug-likeness (QED) is 0.299. The number of anilines is 3. The van der Waals surface area contributed by atoms with Crippen molar-refractivity contribution in [2.45, 2.75) is 64.0 Å². The molecule has 0 spiro atoms. The molecule has 0 saturated heterocycles. The van der Waals surface area contributed by atoms with Gasteiger partial charge in [0.05, 0.1) is 6.33 Å². The minimum absolute atomic E-state index is 0.0455. The van der Waals surface area contributed by atoms with Crippen molar-refractivity contribution in [2.24, 2.45) is 0 Å². The van der Waals surface area contributed by atoms with Crippen LogP contribution in [0, 0.1) is 0 Å². The number of aromatic nitrogens is 4. The maximum atomic E-state index is 12.5. The predicted octanol–water partition coefficient (Wildman–Crippen LogP) is 5.59. The molecule has 0 atom stereocenters. The first-order valence-electron chi connectivity index (χ1n) is 13.3. The van der Waals surface area contributed by atoms with Gasteiger partial charge < -0.3 is 20.5 Å². The van der Waals surface area contributed by atoms with E-state index in [-0.39, 0.29) is 11.8 Å². The van der Waals surface area contributed by atoms with Gasteiger partial charge in [-0.25, -0.2) is 15.0 Å². The first-order valence-corrected chi connectivity index (χ1v) is 13.3. The van der Waals surface area contributed by atoms with Gasteiger partial charge in [0.25, 0.3) is 5.91 Å². The van der Waals surface area contributed by atoms with Crippen molar-refractivity contribution in [3.8, 4) is 11.4 Å². The molecular weight excluding hydrogens is 478 g/mol. The molecule has 2 fully saturated rings. The molecule has 2 aromatic heterocycles. The zero-order valence-electron chi connectivity index (χ0n) is 21.4. The molecule has 38 heavy (non-hydrogen) atoms. The predicted molar refractivity (Wildman–Crippen MR) is 147 cm³/mol. The van der Waals surface area contributed by atoms with Gasteiger partial charge in [-0.3, -0.25) is 9.59 Å². The van der Waals surface area contributed by atoms with Crippen LogP contribution < -0.4 is 16.0 Å². The van der Waals surface area contributed by atoms with Gasteiger partial charge in [0.1, 0.15) is 0 Å². The Bertz CT molecular complexity index is 1470. The lowest BCUT2D eigenvalue weighted by Gasteiger charge is -2.23. The molecule has 2 saturated carbocycles. The monoisotopic (exact) mass is 509 g/mol. The molecule has 2 aromatic carbocycles. The summed E-state index contributed by atoms with van der Waals surface area (Å²) in [6, 6.07) is 15.6. The maximum Gasteiger partial charge on any atom is 0.251 e. The number of benzene rings is 2. The lowest BCUT2D eigenvalue weighted by molar-refractivity contribution is -0.114. The van der Waals surface area contributed by atoms with Crippen LogP contribution >= 0.6 is 0 Å². The summed E-state index contributed by atoms with van der Waals surface area (Å²) in [6.07, 6.45) is 9.90. The van der Waals surface area contributed by atoms with Gasteiger partial charge in [0.15, 0.2) is 22.8 Å². The molecule has 2 aliphatic rings. The van der Waals surface area contributed by atoms with E-state index < -0.39 is 0 Å². The fourth-order valence-corrected chi connectivity index (χ4v) is 5.00. The summed E-state index contributed by atoms with van der Waals surface area (Å²) in [4.78, 5) is 38.4.